The first-order valence-electron chi connectivity index (χ1n) is 7.39. The minimum Gasteiger partial charge on any atom is -0.357 e. The fraction of sp³-hybridized carbons (Fsp3) is 0.600. The fourth-order valence-electron chi connectivity index (χ4n) is 2.16. The fourth-order valence-corrected chi connectivity index (χ4v) is 2.16. The van der Waals surface area contributed by atoms with Crippen molar-refractivity contribution in [3.63, 3.8) is 0 Å². The number of hydrogen-bond acceptors (Lipinski definition) is 4. The van der Waals surface area contributed by atoms with E-state index in [1.807, 2.05) is 16.9 Å². The van der Waals surface area contributed by atoms with Crippen molar-refractivity contribution in [3.8, 4) is 0 Å². The van der Waals surface area contributed by atoms with Gasteiger partial charge in [0.2, 0.25) is 0 Å². The van der Waals surface area contributed by atoms with Gasteiger partial charge in [-0.15, -0.1) is 0 Å². The standard InChI is InChI=1S/C15H25N5/c1-5-6-16-7-9-19(4)15-14-11-13(12(2)3)18-20(14)10-8-17-15/h8,10-12,16H,5-7,9H2,1-4H3. The molecule has 0 atom stereocenters. The van der Waals surface area contributed by atoms with Crippen molar-refractivity contribution in [1.82, 2.24) is 19.9 Å². The monoisotopic (exact) mass is 275 g/mol. The Balaban J connectivity index is 2.16. The van der Waals surface area contributed by atoms with Gasteiger partial charge in [-0.1, -0.05) is 20.8 Å². The number of aromatic nitrogens is 3. The summed E-state index contributed by atoms with van der Waals surface area (Å²) in [7, 11) is 2.08. The third-order valence-electron chi connectivity index (χ3n) is 3.39. The SMILES string of the molecule is CCCNCCN(C)c1nccn2nc(C(C)C)cc12. The highest BCUT2D eigenvalue weighted by molar-refractivity contribution is 5.68. The van der Waals surface area contributed by atoms with Crippen LogP contribution in [0.3, 0.4) is 0 Å². The van der Waals surface area contributed by atoms with Crippen LogP contribution < -0.4 is 10.2 Å². The van der Waals surface area contributed by atoms with E-state index in [-0.39, 0.29) is 0 Å². The van der Waals surface area contributed by atoms with Gasteiger partial charge in [-0.25, -0.2) is 9.50 Å². The number of likely N-dealkylation sites (N-methyl/N-ethyl adjacent to an activating group) is 1. The Morgan fingerprint density at radius 3 is 2.85 bits per heavy atom. The van der Waals surface area contributed by atoms with Crippen LogP contribution in [-0.2, 0) is 0 Å². The van der Waals surface area contributed by atoms with Crippen molar-refractivity contribution in [2.45, 2.75) is 33.1 Å². The molecule has 20 heavy (non-hydrogen) atoms. The Morgan fingerprint density at radius 1 is 1.35 bits per heavy atom. The number of anilines is 1. The number of fused-ring (bicyclic) bond motifs is 1. The maximum absolute atomic E-state index is 4.60. The van der Waals surface area contributed by atoms with E-state index in [9.17, 15) is 0 Å². The van der Waals surface area contributed by atoms with Crippen LogP contribution in [-0.4, -0.2) is 41.3 Å². The zero-order chi connectivity index (χ0) is 14.5. The topological polar surface area (TPSA) is 45.5 Å². The molecule has 0 aliphatic carbocycles. The first kappa shape index (κ1) is 14.8. The predicted octanol–water partition coefficient (Wildman–Crippen LogP) is 2.29. The number of nitrogens with one attached hydrogen (secondary N) is 1. The third-order valence-corrected chi connectivity index (χ3v) is 3.39. The van der Waals surface area contributed by atoms with Gasteiger partial charge in [0, 0.05) is 32.5 Å². The van der Waals surface area contributed by atoms with Crippen LogP contribution in [0.25, 0.3) is 5.52 Å². The molecule has 0 unspecified atom stereocenters. The number of hydrogen-bond donors (Lipinski definition) is 1. The molecule has 2 rings (SSSR count). The van der Waals surface area contributed by atoms with Gasteiger partial charge in [-0.2, -0.15) is 5.10 Å². The summed E-state index contributed by atoms with van der Waals surface area (Å²) in [5.41, 5.74) is 2.19. The molecule has 0 aliphatic heterocycles. The number of nitrogens with zero attached hydrogens (tertiary/aromatic N) is 4. The van der Waals surface area contributed by atoms with Crippen molar-refractivity contribution >= 4 is 11.3 Å². The van der Waals surface area contributed by atoms with E-state index in [4.69, 9.17) is 0 Å². The molecular weight excluding hydrogens is 250 g/mol. The van der Waals surface area contributed by atoms with Crippen LogP contribution >= 0.6 is 0 Å². The molecular formula is C15H25N5. The lowest BCUT2D eigenvalue weighted by Gasteiger charge is -2.18. The summed E-state index contributed by atoms with van der Waals surface area (Å²) in [6, 6.07) is 2.14. The summed E-state index contributed by atoms with van der Waals surface area (Å²) in [5.74, 6) is 1.42. The molecule has 2 aromatic heterocycles. The van der Waals surface area contributed by atoms with Crippen molar-refractivity contribution in [1.29, 1.82) is 0 Å². The summed E-state index contributed by atoms with van der Waals surface area (Å²) >= 11 is 0. The van der Waals surface area contributed by atoms with Crippen LogP contribution in [0.1, 0.15) is 38.8 Å². The van der Waals surface area contributed by atoms with E-state index >= 15 is 0 Å². The predicted molar refractivity (Wildman–Crippen MR) is 83.5 cm³/mol. The molecule has 5 heteroatoms. The highest BCUT2D eigenvalue weighted by Crippen LogP contribution is 2.21. The van der Waals surface area contributed by atoms with Crippen LogP contribution in [0.15, 0.2) is 18.5 Å². The summed E-state index contributed by atoms with van der Waals surface area (Å²) in [5, 5.41) is 8.01. The van der Waals surface area contributed by atoms with Gasteiger partial charge in [0.25, 0.3) is 0 Å². The highest BCUT2D eigenvalue weighted by atomic mass is 15.3. The molecule has 0 spiro atoms. The Morgan fingerprint density at radius 2 is 2.15 bits per heavy atom. The van der Waals surface area contributed by atoms with E-state index in [0.717, 1.165) is 43.1 Å². The second kappa shape index (κ2) is 6.70. The van der Waals surface area contributed by atoms with Gasteiger partial charge in [0.1, 0.15) is 5.52 Å². The minimum atomic E-state index is 0.430. The minimum absolute atomic E-state index is 0.430. The average Bonchev–Trinajstić information content (AvgIpc) is 2.87. The van der Waals surface area contributed by atoms with Crippen molar-refractivity contribution in [2.24, 2.45) is 0 Å². The lowest BCUT2D eigenvalue weighted by molar-refractivity contribution is 0.664. The molecule has 2 aromatic rings. The van der Waals surface area contributed by atoms with Crippen molar-refractivity contribution in [2.75, 3.05) is 31.6 Å². The normalized spacial score (nSPS) is 11.4. The van der Waals surface area contributed by atoms with Crippen LogP contribution in [0.5, 0.6) is 0 Å². The van der Waals surface area contributed by atoms with E-state index in [1.165, 1.54) is 0 Å². The summed E-state index contributed by atoms with van der Waals surface area (Å²) in [6.07, 6.45) is 4.89. The molecule has 0 amide bonds. The molecule has 0 bridgehead atoms. The largest absolute Gasteiger partial charge is 0.357 e. The smallest absolute Gasteiger partial charge is 0.154 e. The van der Waals surface area contributed by atoms with Crippen LogP contribution in [0.2, 0.25) is 0 Å². The van der Waals surface area contributed by atoms with Gasteiger partial charge in [0.05, 0.1) is 5.69 Å². The van der Waals surface area contributed by atoms with E-state index < -0.39 is 0 Å². The van der Waals surface area contributed by atoms with Gasteiger partial charge in [-0.05, 0) is 24.9 Å². The molecule has 0 fully saturated rings. The van der Waals surface area contributed by atoms with Gasteiger partial charge in [-0.3, -0.25) is 0 Å². The summed E-state index contributed by atoms with van der Waals surface area (Å²) in [4.78, 5) is 6.70. The maximum Gasteiger partial charge on any atom is 0.154 e. The summed E-state index contributed by atoms with van der Waals surface area (Å²) < 4.78 is 1.92. The van der Waals surface area contributed by atoms with E-state index in [1.54, 1.807) is 0 Å². The molecule has 0 aliphatic rings. The molecule has 110 valence electrons. The highest BCUT2D eigenvalue weighted by Gasteiger charge is 2.12. The quantitative estimate of drug-likeness (QED) is 0.788. The number of rotatable bonds is 7. The molecule has 0 aromatic carbocycles. The second-order valence-corrected chi connectivity index (χ2v) is 5.48. The van der Waals surface area contributed by atoms with Crippen LogP contribution in [0.4, 0.5) is 5.82 Å². The Labute approximate surface area is 121 Å². The molecule has 5 nitrogen and oxygen atoms in total. The Bertz CT molecular complexity index is 546. The van der Waals surface area contributed by atoms with Crippen molar-refractivity contribution < 1.29 is 0 Å². The molecule has 0 saturated carbocycles. The van der Waals surface area contributed by atoms with Gasteiger partial charge >= 0.3 is 0 Å². The third kappa shape index (κ3) is 3.28. The lowest BCUT2D eigenvalue weighted by atomic mass is 10.1. The average molecular weight is 275 g/mol. The van der Waals surface area contributed by atoms with E-state index in [0.29, 0.717) is 5.92 Å². The Hall–Kier alpha value is -1.62. The lowest BCUT2D eigenvalue weighted by Crippen LogP contribution is -2.30. The van der Waals surface area contributed by atoms with Gasteiger partial charge in [0.15, 0.2) is 5.82 Å². The van der Waals surface area contributed by atoms with Crippen molar-refractivity contribution in [3.05, 3.63) is 24.2 Å². The van der Waals surface area contributed by atoms with Crippen LogP contribution in [0, 0.1) is 0 Å². The van der Waals surface area contributed by atoms with E-state index in [2.05, 4.69) is 54.2 Å². The molecule has 1 N–H and O–H groups in total. The first-order chi connectivity index (χ1) is 9.63. The van der Waals surface area contributed by atoms with Gasteiger partial charge < -0.3 is 10.2 Å². The Kier molecular flexibility index (Phi) is 4.95. The summed E-state index contributed by atoms with van der Waals surface area (Å²) in [6.45, 7) is 9.47. The second-order valence-electron chi connectivity index (χ2n) is 5.48. The maximum atomic E-state index is 4.60. The zero-order valence-corrected chi connectivity index (χ0v) is 12.9. The molecule has 0 radical (unpaired) electrons. The molecule has 0 saturated heterocycles. The zero-order valence-electron chi connectivity index (χ0n) is 12.9. The molecule has 2 heterocycles. The first-order valence-corrected chi connectivity index (χ1v) is 7.39.